The van der Waals surface area contributed by atoms with E-state index >= 15 is 0 Å². The zero-order valence-electron chi connectivity index (χ0n) is 16.9. The van der Waals surface area contributed by atoms with E-state index in [9.17, 15) is 9.59 Å². The number of quaternary nitrogens is 1. The number of morpholine rings is 1. The minimum Gasteiger partial charge on any atom is -0.497 e. The summed E-state index contributed by atoms with van der Waals surface area (Å²) in [5, 5.41) is 2.89. The number of nitrogens with zero attached hydrogens (tertiary/aromatic N) is 1. The van der Waals surface area contributed by atoms with Crippen molar-refractivity contribution in [3.63, 3.8) is 0 Å². The number of hydrogen-bond acceptors (Lipinski definition) is 4. The molecular weight excluding hydrogens is 370 g/mol. The highest BCUT2D eigenvalue weighted by molar-refractivity contribution is 5.92. The SMILES string of the molecule is COc1cccc(NC(=O)C[NH+](C)[C@H](C(=O)N2CCOCC2)c2ccccc2)c1. The Balaban J connectivity index is 1.72. The van der Waals surface area contributed by atoms with E-state index in [1.54, 1.807) is 13.2 Å². The molecule has 7 heteroatoms. The number of methoxy groups -OCH3 is 1. The Kier molecular flexibility index (Phi) is 7.21. The average molecular weight is 398 g/mol. The number of hydrogen-bond donors (Lipinski definition) is 2. The van der Waals surface area contributed by atoms with Gasteiger partial charge in [-0.15, -0.1) is 0 Å². The molecule has 0 aromatic heterocycles. The van der Waals surface area contributed by atoms with Gasteiger partial charge >= 0.3 is 0 Å². The molecule has 1 unspecified atom stereocenters. The normalized spacial score (nSPS) is 16.0. The first kappa shape index (κ1) is 20.8. The fourth-order valence-electron chi connectivity index (χ4n) is 3.51. The Morgan fingerprint density at radius 3 is 2.55 bits per heavy atom. The van der Waals surface area contributed by atoms with Gasteiger partial charge in [-0.05, 0) is 12.1 Å². The molecule has 7 nitrogen and oxygen atoms in total. The van der Waals surface area contributed by atoms with E-state index in [4.69, 9.17) is 9.47 Å². The van der Waals surface area contributed by atoms with Crippen molar-refractivity contribution >= 4 is 17.5 Å². The lowest BCUT2D eigenvalue weighted by molar-refractivity contribution is -0.894. The van der Waals surface area contributed by atoms with Crippen molar-refractivity contribution in [2.45, 2.75) is 6.04 Å². The maximum Gasteiger partial charge on any atom is 0.285 e. The van der Waals surface area contributed by atoms with Gasteiger partial charge < -0.3 is 24.6 Å². The number of nitrogens with one attached hydrogen (secondary N) is 2. The largest absolute Gasteiger partial charge is 0.497 e. The third-order valence-corrected chi connectivity index (χ3v) is 4.99. The van der Waals surface area contributed by atoms with Gasteiger partial charge in [0.2, 0.25) is 0 Å². The number of benzene rings is 2. The maximum absolute atomic E-state index is 13.3. The van der Waals surface area contributed by atoms with Crippen LogP contribution in [0, 0.1) is 0 Å². The number of carbonyl (C=O) groups is 2. The summed E-state index contributed by atoms with van der Waals surface area (Å²) in [5.74, 6) is 0.533. The number of likely N-dealkylation sites (N-methyl/N-ethyl adjacent to an activating group) is 1. The van der Waals surface area contributed by atoms with E-state index < -0.39 is 6.04 Å². The number of anilines is 1. The molecule has 1 aliphatic heterocycles. The van der Waals surface area contributed by atoms with E-state index in [0.717, 1.165) is 10.5 Å². The second kappa shape index (κ2) is 10.0. The molecule has 2 amide bonds. The van der Waals surface area contributed by atoms with Crippen molar-refractivity contribution in [1.29, 1.82) is 0 Å². The van der Waals surface area contributed by atoms with Crippen LogP contribution in [0.1, 0.15) is 11.6 Å². The Morgan fingerprint density at radius 1 is 1.14 bits per heavy atom. The Labute approximate surface area is 171 Å². The molecule has 154 valence electrons. The van der Waals surface area contributed by atoms with Crippen molar-refractivity contribution in [2.75, 3.05) is 52.3 Å². The van der Waals surface area contributed by atoms with E-state index in [2.05, 4.69) is 5.32 Å². The molecular formula is C22H28N3O4+. The van der Waals surface area contributed by atoms with Crippen molar-refractivity contribution < 1.29 is 24.0 Å². The molecule has 1 heterocycles. The first-order valence-electron chi connectivity index (χ1n) is 9.76. The van der Waals surface area contributed by atoms with Crippen LogP contribution in [0.5, 0.6) is 5.75 Å². The van der Waals surface area contributed by atoms with E-state index in [0.29, 0.717) is 37.7 Å². The monoisotopic (exact) mass is 398 g/mol. The second-order valence-electron chi connectivity index (χ2n) is 7.08. The highest BCUT2D eigenvalue weighted by Gasteiger charge is 2.34. The van der Waals surface area contributed by atoms with Gasteiger partial charge in [0.25, 0.3) is 11.8 Å². The fourth-order valence-corrected chi connectivity index (χ4v) is 3.51. The lowest BCUT2D eigenvalue weighted by atomic mass is 10.0. The van der Waals surface area contributed by atoms with E-state index in [1.165, 1.54) is 0 Å². The molecule has 29 heavy (non-hydrogen) atoms. The summed E-state index contributed by atoms with van der Waals surface area (Å²) >= 11 is 0. The van der Waals surface area contributed by atoms with Crippen LogP contribution in [0.2, 0.25) is 0 Å². The Bertz CT molecular complexity index is 822. The minimum atomic E-state index is -0.453. The van der Waals surface area contributed by atoms with Gasteiger partial charge in [0.15, 0.2) is 12.6 Å². The van der Waals surface area contributed by atoms with Crippen LogP contribution in [-0.2, 0) is 14.3 Å². The first-order chi connectivity index (χ1) is 14.1. The number of rotatable bonds is 7. The van der Waals surface area contributed by atoms with Gasteiger partial charge in [0.1, 0.15) is 5.75 Å². The standard InChI is InChI=1S/C22H27N3O4/c1-24(16-20(26)23-18-9-6-10-19(15-18)28-2)21(17-7-4-3-5-8-17)22(27)25-11-13-29-14-12-25/h3-10,15,21H,11-14,16H2,1-2H3,(H,23,26)/p+1/t21-/m0/s1. The molecule has 0 spiro atoms. The predicted octanol–water partition coefficient (Wildman–Crippen LogP) is 0.749. The summed E-state index contributed by atoms with van der Waals surface area (Å²) in [6.07, 6.45) is 0. The molecule has 0 radical (unpaired) electrons. The van der Waals surface area contributed by atoms with Gasteiger partial charge in [-0.3, -0.25) is 9.59 Å². The van der Waals surface area contributed by atoms with E-state index in [-0.39, 0.29) is 18.4 Å². The van der Waals surface area contributed by atoms with E-state index in [1.807, 2.05) is 60.5 Å². The minimum absolute atomic E-state index is 0.0196. The molecule has 2 N–H and O–H groups in total. The van der Waals surface area contributed by atoms with Gasteiger partial charge in [-0.25, -0.2) is 0 Å². The molecule has 2 aromatic rings. The zero-order chi connectivity index (χ0) is 20.6. The lowest BCUT2D eigenvalue weighted by Crippen LogP contribution is -3.11. The molecule has 0 aliphatic carbocycles. The summed E-state index contributed by atoms with van der Waals surface area (Å²) in [6.45, 7) is 2.40. The summed E-state index contributed by atoms with van der Waals surface area (Å²) < 4.78 is 10.6. The van der Waals surface area contributed by atoms with Crippen molar-refractivity contribution in [3.8, 4) is 5.75 Å². The van der Waals surface area contributed by atoms with Crippen LogP contribution < -0.4 is 15.0 Å². The number of amides is 2. The van der Waals surface area contributed by atoms with Crippen LogP contribution in [0.15, 0.2) is 54.6 Å². The summed E-state index contributed by atoms with van der Waals surface area (Å²) in [4.78, 5) is 28.5. The predicted molar refractivity (Wildman–Crippen MR) is 110 cm³/mol. The molecule has 1 aliphatic rings. The van der Waals surface area contributed by atoms with Gasteiger partial charge in [0, 0.05) is 30.4 Å². The third kappa shape index (κ3) is 5.56. The second-order valence-corrected chi connectivity index (χ2v) is 7.08. The van der Waals surface area contributed by atoms with Crippen molar-refractivity contribution in [3.05, 3.63) is 60.2 Å². The summed E-state index contributed by atoms with van der Waals surface area (Å²) in [6, 6.07) is 16.4. The molecule has 1 saturated heterocycles. The maximum atomic E-state index is 13.3. The first-order valence-corrected chi connectivity index (χ1v) is 9.76. The average Bonchev–Trinajstić information content (AvgIpc) is 2.75. The quantitative estimate of drug-likeness (QED) is 0.722. The highest BCUT2D eigenvalue weighted by Crippen LogP contribution is 2.17. The van der Waals surface area contributed by atoms with Crippen LogP contribution in [0.25, 0.3) is 0 Å². The lowest BCUT2D eigenvalue weighted by Gasteiger charge is -2.32. The Morgan fingerprint density at radius 2 is 1.86 bits per heavy atom. The molecule has 0 saturated carbocycles. The van der Waals surface area contributed by atoms with Crippen LogP contribution >= 0.6 is 0 Å². The van der Waals surface area contributed by atoms with Crippen LogP contribution in [-0.4, -0.2) is 63.7 Å². The van der Waals surface area contributed by atoms with Crippen LogP contribution in [0.3, 0.4) is 0 Å². The molecule has 2 atom stereocenters. The molecule has 1 fully saturated rings. The number of ether oxygens (including phenoxy) is 2. The van der Waals surface area contributed by atoms with Crippen molar-refractivity contribution in [2.24, 2.45) is 0 Å². The fraction of sp³-hybridized carbons (Fsp3) is 0.364. The molecule has 0 bridgehead atoms. The summed E-state index contributed by atoms with van der Waals surface area (Å²) in [7, 11) is 3.46. The highest BCUT2D eigenvalue weighted by atomic mass is 16.5. The van der Waals surface area contributed by atoms with Gasteiger partial charge in [-0.1, -0.05) is 36.4 Å². The Hall–Kier alpha value is -2.90. The van der Waals surface area contributed by atoms with Crippen LogP contribution in [0.4, 0.5) is 5.69 Å². The van der Waals surface area contributed by atoms with Gasteiger partial charge in [-0.2, -0.15) is 0 Å². The summed E-state index contributed by atoms with van der Waals surface area (Å²) in [5.41, 5.74) is 1.56. The third-order valence-electron chi connectivity index (χ3n) is 4.99. The molecule has 2 aromatic carbocycles. The molecule has 3 rings (SSSR count). The zero-order valence-corrected chi connectivity index (χ0v) is 16.9. The van der Waals surface area contributed by atoms with Crippen molar-refractivity contribution in [1.82, 2.24) is 4.90 Å². The topological polar surface area (TPSA) is 72.3 Å². The number of carbonyl (C=O) groups excluding carboxylic acids is 2. The van der Waals surface area contributed by atoms with Gasteiger partial charge in [0.05, 0.1) is 27.4 Å². The smallest absolute Gasteiger partial charge is 0.285 e.